The van der Waals surface area contributed by atoms with E-state index in [2.05, 4.69) is 61.0 Å². The molecule has 176 valence electrons. The number of hydrogen-bond acceptors (Lipinski definition) is 4. The summed E-state index contributed by atoms with van der Waals surface area (Å²) in [5.41, 5.74) is 13.4. The Hall–Kier alpha value is -3.57. The van der Waals surface area contributed by atoms with Gasteiger partial charge in [0.2, 0.25) is 0 Å². The van der Waals surface area contributed by atoms with Crippen LogP contribution in [-0.2, 0) is 29.1 Å². The smallest absolute Gasteiger partial charge is 0.310 e. The van der Waals surface area contributed by atoms with Crippen molar-refractivity contribution in [2.75, 3.05) is 7.11 Å². The van der Waals surface area contributed by atoms with Gasteiger partial charge in [-0.05, 0) is 78.9 Å². The Bertz CT molecular complexity index is 1320. The molecule has 0 saturated carbocycles. The van der Waals surface area contributed by atoms with Crippen molar-refractivity contribution in [1.82, 2.24) is 4.57 Å². The molecule has 0 aliphatic rings. The Morgan fingerprint density at radius 2 is 1.85 bits per heavy atom. The summed E-state index contributed by atoms with van der Waals surface area (Å²) in [6.07, 6.45) is 2.32. The minimum absolute atomic E-state index is 0.179. The number of carbonyl (C=O) groups is 1. The van der Waals surface area contributed by atoms with E-state index >= 15 is 0 Å². The Labute approximate surface area is 201 Å². The van der Waals surface area contributed by atoms with E-state index in [1.54, 1.807) is 0 Å². The summed E-state index contributed by atoms with van der Waals surface area (Å²) in [6, 6.07) is 21.2. The summed E-state index contributed by atoms with van der Waals surface area (Å²) in [4.78, 5) is 11.9. The van der Waals surface area contributed by atoms with Crippen LogP contribution >= 0.6 is 0 Å². The Morgan fingerprint density at radius 3 is 2.59 bits per heavy atom. The predicted octanol–water partition coefficient (Wildman–Crippen LogP) is 5.95. The molecule has 1 heterocycles. The molecule has 5 heteroatoms. The number of benzene rings is 3. The van der Waals surface area contributed by atoms with E-state index in [1.165, 1.54) is 18.0 Å². The van der Waals surface area contributed by atoms with E-state index < -0.39 is 0 Å². The van der Waals surface area contributed by atoms with Crippen molar-refractivity contribution in [2.45, 2.75) is 46.4 Å². The number of nitrogens with zero attached hydrogens (tertiary/aromatic N) is 1. The van der Waals surface area contributed by atoms with Crippen molar-refractivity contribution in [3.8, 4) is 16.9 Å². The molecule has 3 aromatic carbocycles. The van der Waals surface area contributed by atoms with Gasteiger partial charge in [-0.3, -0.25) is 4.79 Å². The van der Waals surface area contributed by atoms with Crippen LogP contribution in [0, 0.1) is 6.92 Å². The van der Waals surface area contributed by atoms with Gasteiger partial charge in [0.15, 0.2) is 0 Å². The summed E-state index contributed by atoms with van der Waals surface area (Å²) in [6.45, 7) is 7.27. The van der Waals surface area contributed by atoms with Crippen LogP contribution in [-0.4, -0.2) is 17.6 Å². The number of aryl methyl sites for hydroxylation is 1. The van der Waals surface area contributed by atoms with Crippen LogP contribution in [0.15, 0.2) is 66.9 Å². The van der Waals surface area contributed by atoms with Crippen molar-refractivity contribution in [3.63, 3.8) is 0 Å². The maximum atomic E-state index is 11.9. The van der Waals surface area contributed by atoms with Gasteiger partial charge in [-0.2, -0.15) is 0 Å². The highest BCUT2D eigenvalue weighted by atomic mass is 16.5. The molecule has 0 fully saturated rings. The average Bonchev–Trinajstić information content (AvgIpc) is 3.28. The lowest BCUT2D eigenvalue weighted by atomic mass is 9.97. The van der Waals surface area contributed by atoms with Gasteiger partial charge in [0, 0.05) is 35.2 Å². The van der Waals surface area contributed by atoms with Crippen molar-refractivity contribution < 1.29 is 14.3 Å². The van der Waals surface area contributed by atoms with Gasteiger partial charge in [0.1, 0.15) is 12.4 Å². The molecule has 0 atom stereocenters. The number of methoxy groups -OCH3 is 1. The van der Waals surface area contributed by atoms with Crippen LogP contribution < -0.4 is 10.5 Å². The third-order valence-electron chi connectivity index (χ3n) is 6.11. The molecule has 0 unspecified atom stereocenters. The number of esters is 1. The largest absolute Gasteiger partial charge is 0.489 e. The number of hydrogen-bond donors (Lipinski definition) is 1. The van der Waals surface area contributed by atoms with Crippen LogP contribution in [0.4, 0.5) is 0 Å². The molecular formula is C29H32N2O3. The lowest BCUT2D eigenvalue weighted by Gasteiger charge is -2.16. The average molecular weight is 457 g/mol. The van der Waals surface area contributed by atoms with Crippen molar-refractivity contribution in [2.24, 2.45) is 5.73 Å². The summed E-state index contributed by atoms with van der Waals surface area (Å²) in [5, 5.41) is 1.20. The molecule has 1 aromatic heterocycles. The van der Waals surface area contributed by atoms with Gasteiger partial charge in [-0.1, -0.05) is 30.3 Å². The summed E-state index contributed by atoms with van der Waals surface area (Å²) < 4.78 is 13.4. The van der Waals surface area contributed by atoms with E-state index in [-0.39, 0.29) is 12.4 Å². The van der Waals surface area contributed by atoms with Crippen LogP contribution in [0.25, 0.3) is 22.0 Å². The van der Waals surface area contributed by atoms with Crippen molar-refractivity contribution >= 4 is 16.9 Å². The third kappa shape index (κ3) is 5.00. The quantitative estimate of drug-likeness (QED) is 0.333. The van der Waals surface area contributed by atoms with Crippen LogP contribution in [0.5, 0.6) is 5.75 Å². The first-order chi connectivity index (χ1) is 16.4. The molecule has 34 heavy (non-hydrogen) atoms. The van der Waals surface area contributed by atoms with Crippen molar-refractivity contribution in [1.29, 1.82) is 0 Å². The highest BCUT2D eigenvalue weighted by molar-refractivity contribution is 5.96. The standard InChI is InChI=1S/C29H32N2O3/c1-19(2)31-11-10-25-26(23-7-5-6-21(13-23)17-30)14-22(15-27(25)31)18-34-28-12-20(3)8-9-24(28)16-29(32)33-4/h5-15,19H,16-18,30H2,1-4H3. The third-order valence-corrected chi connectivity index (χ3v) is 6.11. The van der Waals surface area contributed by atoms with Gasteiger partial charge < -0.3 is 19.8 Å². The minimum atomic E-state index is -0.285. The zero-order valence-electron chi connectivity index (χ0n) is 20.3. The fraction of sp³-hybridized carbons (Fsp3) is 0.276. The molecule has 0 saturated heterocycles. The molecule has 5 nitrogen and oxygen atoms in total. The van der Waals surface area contributed by atoms with Crippen LogP contribution in [0.3, 0.4) is 0 Å². The maximum absolute atomic E-state index is 11.9. The number of rotatable bonds is 8. The van der Waals surface area contributed by atoms with Crippen LogP contribution in [0.2, 0.25) is 0 Å². The molecule has 4 rings (SSSR count). The molecule has 4 aromatic rings. The van der Waals surface area contributed by atoms with Gasteiger partial charge in [-0.15, -0.1) is 0 Å². The number of carbonyl (C=O) groups excluding carboxylic acids is 1. The topological polar surface area (TPSA) is 66.5 Å². The molecule has 2 N–H and O–H groups in total. The number of fused-ring (bicyclic) bond motifs is 1. The SMILES string of the molecule is COC(=O)Cc1ccc(C)cc1OCc1cc(-c2cccc(CN)c2)c2ccn(C(C)C)c2c1. The second kappa shape index (κ2) is 10.1. The van der Waals surface area contributed by atoms with Crippen molar-refractivity contribution in [3.05, 3.63) is 89.1 Å². The Balaban J connectivity index is 1.74. The lowest BCUT2D eigenvalue weighted by Crippen LogP contribution is -2.07. The number of nitrogens with two attached hydrogens (primary N) is 1. The van der Waals surface area contributed by atoms with Gasteiger partial charge in [0.25, 0.3) is 0 Å². The fourth-order valence-electron chi connectivity index (χ4n) is 4.29. The van der Waals surface area contributed by atoms with E-state index in [1.807, 2.05) is 31.2 Å². The molecule has 0 bridgehead atoms. The van der Waals surface area contributed by atoms with E-state index in [0.29, 0.717) is 24.9 Å². The zero-order valence-corrected chi connectivity index (χ0v) is 20.3. The zero-order chi connectivity index (χ0) is 24.2. The van der Waals surface area contributed by atoms with E-state index in [9.17, 15) is 4.79 Å². The van der Waals surface area contributed by atoms with Gasteiger partial charge in [-0.25, -0.2) is 0 Å². The van der Waals surface area contributed by atoms with Gasteiger partial charge in [0.05, 0.1) is 13.5 Å². The highest BCUT2D eigenvalue weighted by Crippen LogP contribution is 2.33. The minimum Gasteiger partial charge on any atom is -0.489 e. The first-order valence-electron chi connectivity index (χ1n) is 11.6. The molecular weight excluding hydrogens is 424 g/mol. The molecule has 0 aliphatic carbocycles. The normalized spacial score (nSPS) is 11.2. The molecule has 0 aliphatic heterocycles. The first-order valence-corrected chi connectivity index (χ1v) is 11.6. The van der Waals surface area contributed by atoms with Gasteiger partial charge >= 0.3 is 5.97 Å². The second-order valence-electron chi connectivity index (χ2n) is 8.95. The number of ether oxygens (including phenoxy) is 2. The predicted molar refractivity (Wildman–Crippen MR) is 137 cm³/mol. The Kier molecular flexibility index (Phi) is 7.03. The molecule has 0 amide bonds. The molecule has 0 spiro atoms. The van der Waals surface area contributed by atoms with Crippen LogP contribution in [0.1, 0.15) is 42.1 Å². The molecule has 0 radical (unpaired) electrons. The lowest BCUT2D eigenvalue weighted by molar-refractivity contribution is -0.139. The summed E-state index contributed by atoms with van der Waals surface area (Å²) in [5.74, 6) is 0.420. The monoisotopic (exact) mass is 456 g/mol. The first kappa shape index (κ1) is 23.6. The van der Waals surface area contributed by atoms with E-state index in [0.717, 1.165) is 33.4 Å². The Morgan fingerprint density at radius 1 is 1.03 bits per heavy atom. The maximum Gasteiger partial charge on any atom is 0.310 e. The summed E-state index contributed by atoms with van der Waals surface area (Å²) in [7, 11) is 1.40. The highest BCUT2D eigenvalue weighted by Gasteiger charge is 2.14. The van der Waals surface area contributed by atoms with E-state index in [4.69, 9.17) is 15.2 Å². The second-order valence-corrected chi connectivity index (χ2v) is 8.95. The summed E-state index contributed by atoms with van der Waals surface area (Å²) >= 11 is 0. The fourth-order valence-corrected chi connectivity index (χ4v) is 4.29. The number of aromatic nitrogens is 1.